The summed E-state index contributed by atoms with van der Waals surface area (Å²) in [4.78, 5) is 30.3. The summed E-state index contributed by atoms with van der Waals surface area (Å²) < 4.78 is 33.0. The quantitative estimate of drug-likeness (QED) is 0.341. The number of hydrogen-bond acceptors (Lipinski definition) is 5. The number of amides is 2. The number of ether oxygens (including phenoxy) is 1. The lowest BCUT2D eigenvalue weighted by molar-refractivity contribution is 0.0602. The SMILES string of the molecule is CC(C)(C)OC(=O)N=C(N)NCc1ccc(C(=O)N2CCN(S(=O)(=O)c3ccc4cc(Cl)ccc4c3)CC2)cc1. The maximum absolute atomic E-state index is 13.3. The molecule has 3 N–H and O–H groups in total. The second kappa shape index (κ2) is 11.8. The van der Waals surface area contributed by atoms with Crippen molar-refractivity contribution >= 4 is 50.4 Å². The molecule has 0 unspecified atom stereocenters. The molecule has 1 aliphatic heterocycles. The highest BCUT2D eigenvalue weighted by atomic mass is 35.5. The second-order valence-electron chi connectivity index (χ2n) is 10.4. The van der Waals surface area contributed by atoms with E-state index in [2.05, 4.69) is 10.3 Å². The number of sulfonamides is 1. The summed E-state index contributed by atoms with van der Waals surface area (Å²) in [6.45, 7) is 6.46. The number of fused-ring (bicyclic) bond motifs is 1. The molecule has 1 fully saturated rings. The van der Waals surface area contributed by atoms with Crippen LogP contribution in [0.2, 0.25) is 5.02 Å². The molecule has 0 atom stereocenters. The maximum Gasteiger partial charge on any atom is 0.437 e. The van der Waals surface area contributed by atoms with Gasteiger partial charge in [0.1, 0.15) is 5.60 Å². The molecule has 1 aliphatic rings. The first-order valence-corrected chi connectivity index (χ1v) is 14.5. The van der Waals surface area contributed by atoms with Gasteiger partial charge in [-0.25, -0.2) is 13.2 Å². The van der Waals surface area contributed by atoms with Crippen molar-refractivity contribution < 1.29 is 22.7 Å². The van der Waals surface area contributed by atoms with Gasteiger partial charge in [0.05, 0.1) is 4.90 Å². The Labute approximate surface area is 238 Å². The number of halogens is 1. The molecule has 4 rings (SSSR count). The van der Waals surface area contributed by atoms with Crippen molar-refractivity contribution in [3.63, 3.8) is 0 Å². The summed E-state index contributed by atoms with van der Waals surface area (Å²) >= 11 is 6.03. The Kier molecular flexibility index (Phi) is 8.67. The first-order chi connectivity index (χ1) is 18.8. The molecule has 10 nitrogen and oxygen atoms in total. The van der Waals surface area contributed by atoms with Gasteiger partial charge in [0.25, 0.3) is 5.91 Å². The van der Waals surface area contributed by atoms with Gasteiger partial charge in [-0.3, -0.25) is 4.79 Å². The first kappa shape index (κ1) is 29.3. The number of hydrogen-bond donors (Lipinski definition) is 2. The van der Waals surface area contributed by atoms with Crippen LogP contribution in [0.5, 0.6) is 0 Å². The summed E-state index contributed by atoms with van der Waals surface area (Å²) in [5.41, 5.74) is 6.40. The number of guanidine groups is 1. The zero-order valence-electron chi connectivity index (χ0n) is 22.6. The fourth-order valence-electron chi connectivity index (χ4n) is 4.20. The van der Waals surface area contributed by atoms with Gasteiger partial charge in [-0.05, 0) is 73.5 Å². The van der Waals surface area contributed by atoms with Gasteiger partial charge in [-0.15, -0.1) is 4.99 Å². The van der Waals surface area contributed by atoms with Gasteiger partial charge in [-0.1, -0.05) is 35.9 Å². The Morgan fingerprint density at radius 3 is 2.25 bits per heavy atom. The van der Waals surface area contributed by atoms with Crippen LogP contribution in [0.25, 0.3) is 10.8 Å². The van der Waals surface area contributed by atoms with Gasteiger partial charge in [0.2, 0.25) is 10.0 Å². The number of benzene rings is 3. The Morgan fingerprint density at radius 2 is 1.60 bits per heavy atom. The Morgan fingerprint density at radius 1 is 0.975 bits per heavy atom. The lowest BCUT2D eigenvalue weighted by Crippen LogP contribution is -2.50. The van der Waals surface area contributed by atoms with Crippen LogP contribution in [0, 0.1) is 0 Å². The van der Waals surface area contributed by atoms with E-state index in [1.165, 1.54) is 4.31 Å². The van der Waals surface area contributed by atoms with Crippen LogP contribution >= 0.6 is 11.6 Å². The molecule has 0 aromatic heterocycles. The lowest BCUT2D eigenvalue weighted by atomic mass is 10.1. The topological polar surface area (TPSA) is 134 Å². The molecular weight excluding hydrogens is 554 g/mol. The maximum atomic E-state index is 13.3. The van der Waals surface area contributed by atoms with Crippen LogP contribution in [-0.2, 0) is 21.3 Å². The van der Waals surface area contributed by atoms with Gasteiger partial charge in [0.15, 0.2) is 5.96 Å². The van der Waals surface area contributed by atoms with E-state index in [0.29, 0.717) is 17.1 Å². The second-order valence-corrected chi connectivity index (χ2v) is 12.8. The zero-order valence-corrected chi connectivity index (χ0v) is 24.1. The van der Waals surface area contributed by atoms with E-state index in [-0.39, 0.29) is 42.9 Å². The summed E-state index contributed by atoms with van der Waals surface area (Å²) in [7, 11) is -3.71. The molecule has 212 valence electrons. The minimum Gasteiger partial charge on any atom is -0.442 e. The molecule has 2 amide bonds. The Hall–Kier alpha value is -3.67. The zero-order chi connectivity index (χ0) is 29.1. The molecule has 0 bridgehead atoms. The first-order valence-electron chi connectivity index (χ1n) is 12.7. The van der Waals surface area contributed by atoms with Gasteiger partial charge >= 0.3 is 6.09 Å². The number of nitrogens with one attached hydrogen (secondary N) is 1. The highest BCUT2D eigenvalue weighted by molar-refractivity contribution is 7.89. The number of piperazine rings is 1. The van der Waals surface area contributed by atoms with Crippen LogP contribution in [0.15, 0.2) is 70.6 Å². The molecule has 12 heteroatoms. The van der Waals surface area contributed by atoms with Crippen molar-refractivity contribution in [2.24, 2.45) is 10.7 Å². The lowest BCUT2D eigenvalue weighted by Gasteiger charge is -2.34. The van der Waals surface area contributed by atoms with E-state index < -0.39 is 21.7 Å². The number of carbonyl (C=O) groups is 2. The van der Waals surface area contributed by atoms with Crippen LogP contribution in [-0.4, -0.2) is 67.4 Å². The number of nitrogens with two attached hydrogens (primary N) is 1. The largest absolute Gasteiger partial charge is 0.442 e. The highest BCUT2D eigenvalue weighted by Crippen LogP contribution is 2.25. The molecule has 0 radical (unpaired) electrons. The third-order valence-corrected chi connectivity index (χ3v) is 8.35. The minimum absolute atomic E-state index is 0.0738. The third kappa shape index (κ3) is 7.29. The molecule has 1 saturated heterocycles. The van der Waals surface area contributed by atoms with Gasteiger partial charge < -0.3 is 20.7 Å². The number of carbonyl (C=O) groups excluding carboxylic acids is 2. The van der Waals surface area contributed by atoms with E-state index in [1.807, 2.05) is 0 Å². The average molecular weight is 586 g/mol. The fourth-order valence-corrected chi connectivity index (χ4v) is 5.84. The van der Waals surface area contributed by atoms with Crippen molar-refractivity contribution in [1.82, 2.24) is 14.5 Å². The number of nitrogens with zero attached hydrogens (tertiary/aromatic N) is 3. The van der Waals surface area contributed by atoms with E-state index in [4.69, 9.17) is 22.1 Å². The summed E-state index contributed by atoms with van der Waals surface area (Å²) in [5.74, 6) is -0.250. The van der Waals surface area contributed by atoms with Crippen LogP contribution in [0.1, 0.15) is 36.7 Å². The van der Waals surface area contributed by atoms with Crippen molar-refractivity contribution in [3.05, 3.63) is 76.8 Å². The number of aliphatic imine (C=N–C) groups is 1. The van der Waals surface area contributed by atoms with Gasteiger partial charge in [0, 0.05) is 43.3 Å². The molecule has 0 aliphatic carbocycles. The van der Waals surface area contributed by atoms with Crippen molar-refractivity contribution in [2.75, 3.05) is 26.2 Å². The third-order valence-electron chi connectivity index (χ3n) is 6.22. The monoisotopic (exact) mass is 585 g/mol. The molecule has 3 aromatic carbocycles. The van der Waals surface area contributed by atoms with E-state index in [1.54, 1.807) is 86.3 Å². The standard InChI is InChI=1S/C28H32ClN5O5S/c1-28(2,3)39-27(36)32-26(30)31-18-19-4-6-20(7-5-19)25(35)33-12-14-34(15-13-33)40(37,38)24-11-9-21-16-23(29)10-8-22(21)17-24/h4-11,16-17H,12-15,18H2,1-3H3,(H3,30,31,32,36). The fraction of sp³-hybridized carbons (Fsp3) is 0.321. The van der Waals surface area contributed by atoms with Crippen molar-refractivity contribution in [3.8, 4) is 0 Å². The minimum atomic E-state index is -3.71. The number of rotatable bonds is 5. The average Bonchev–Trinajstić information content (AvgIpc) is 2.90. The summed E-state index contributed by atoms with van der Waals surface area (Å²) in [5, 5.41) is 5.07. The molecular formula is C28H32ClN5O5S. The predicted molar refractivity (Wildman–Crippen MR) is 155 cm³/mol. The summed E-state index contributed by atoms with van der Waals surface area (Å²) in [6, 6.07) is 17.2. The summed E-state index contributed by atoms with van der Waals surface area (Å²) in [6.07, 6.45) is -0.783. The van der Waals surface area contributed by atoms with Crippen LogP contribution in [0.4, 0.5) is 4.79 Å². The van der Waals surface area contributed by atoms with E-state index in [0.717, 1.165) is 16.3 Å². The molecule has 1 heterocycles. The predicted octanol–water partition coefficient (Wildman–Crippen LogP) is 3.98. The molecule has 3 aromatic rings. The molecule has 0 saturated carbocycles. The van der Waals surface area contributed by atoms with Crippen LogP contribution in [0.3, 0.4) is 0 Å². The van der Waals surface area contributed by atoms with Gasteiger partial charge in [-0.2, -0.15) is 4.31 Å². The highest BCUT2D eigenvalue weighted by Gasteiger charge is 2.30. The van der Waals surface area contributed by atoms with Crippen molar-refractivity contribution in [1.29, 1.82) is 0 Å². The smallest absolute Gasteiger partial charge is 0.437 e. The Bertz CT molecular complexity index is 1540. The molecule has 0 spiro atoms. The van der Waals surface area contributed by atoms with E-state index in [9.17, 15) is 18.0 Å². The van der Waals surface area contributed by atoms with Crippen molar-refractivity contribution in [2.45, 2.75) is 37.8 Å². The molecule has 40 heavy (non-hydrogen) atoms. The van der Waals surface area contributed by atoms with Crippen LogP contribution < -0.4 is 11.1 Å². The van der Waals surface area contributed by atoms with E-state index >= 15 is 0 Å². The normalized spacial score (nSPS) is 15.2. The Balaban J connectivity index is 1.32.